The Morgan fingerprint density at radius 3 is 2.80 bits per heavy atom. The molecule has 7 heteroatoms. The fourth-order valence-corrected chi connectivity index (χ4v) is 2.02. The highest BCUT2D eigenvalue weighted by Gasteiger charge is 2.14. The van der Waals surface area contributed by atoms with Gasteiger partial charge in [-0.25, -0.2) is 4.68 Å². The van der Waals surface area contributed by atoms with Crippen LogP contribution < -0.4 is 5.56 Å². The molecule has 7 nitrogen and oxygen atoms in total. The van der Waals surface area contributed by atoms with Crippen molar-refractivity contribution in [2.75, 3.05) is 0 Å². The number of hydrogen-bond acceptors (Lipinski definition) is 6. The molecule has 0 radical (unpaired) electrons. The summed E-state index contributed by atoms with van der Waals surface area (Å²) in [6.07, 6.45) is 3.04. The predicted octanol–water partition coefficient (Wildman–Crippen LogP) is 1.55. The highest BCUT2D eigenvalue weighted by Crippen LogP contribution is 2.23. The SMILES string of the molecule is Cc1noc(C)c1-c1ccc(=O)n(Cc2cnoc2)n1. The van der Waals surface area contributed by atoms with Gasteiger partial charge >= 0.3 is 0 Å². The van der Waals surface area contributed by atoms with Crippen LogP contribution in [0.4, 0.5) is 0 Å². The van der Waals surface area contributed by atoms with Crippen LogP contribution >= 0.6 is 0 Å². The third-order valence-electron chi connectivity index (χ3n) is 2.97. The second kappa shape index (κ2) is 4.76. The third-order valence-corrected chi connectivity index (χ3v) is 2.97. The smallest absolute Gasteiger partial charge is 0.267 e. The standard InChI is InChI=1S/C13H12N4O3/c1-8-13(9(2)20-16-8)11-3-4-12(18)17(15-11)6-10-5-14-19-7-10/h3-5,7H,6H2,1-2H3. The van der Waals surface area contributed by atoms with Crippen LogP contribution in [0.3, 0.4) is 0 Å². The van der Waals surface area contributed by atoms with Crippen LogP contribution in [0.2, 0.25) is 0 Å². The van der Waals surface area contributed by atoms with Crippen LogP contribution in [-0.2, 0) is 6.54 Å². The minimum atomic E-state index is -0.193. The zero-order chi connectivity index (χ0) is 14.1. The minimum Gasteiger partial charge on any atom is -0.364 e. The molecular weight excluding hydrogens is 260 g/mol. The summed E-state index contributed by atoms with van der Waals surface area (Å²) >= 11 is 0. The Kier molecular flexibility index (Phi) is 2.94. The van der Waals surface area contributed by atoms with E-state index < -0.39 is 0 Å². The zero-order valence-electron chi connectivity index (χ0n) is 11.0. The molecule has 0 aliphatic carbocycles. The third kappa shape index (κ3) is 2.13. The van der Waals surface area contributed by atoms with Gasteiger partial charge in [0.1, 0.15) is 12.0 Å². The Bertz CT molecular complexity index is 767. The van der Waals surface area contributed by atoms with Gasteiger partial charge in [0.15, 0.2) is 0 Å². The molecule has 0 aliphatic heterocycles. The molecule has 0 saturated heterocycles. The Morgan fingerprint density at radius 1 is 1.30 bits per heavy atom. The molecule has 0 aliphatic rings. The summed E-state index contributed by atoms with van der Waals surface area (Å²) in [5.74, 6) is 0.671. The summed E-state index contributed by atoms with van der Waals surface area (Å²) in [4.78, 5) is 11.8. The summed E-state index contributed by atoms with van der Waals surface area (Å²) < 4.78 is 11.2. The average Bonchev–Trinajstić information content (AvgIpc) is 3.03. The first-order valence-corrected chi connectivity index (χ1v) is 6.05. The first kappa shape index (κ1) is 12.3. The second-order valence-electron chi connectivity index (χ2n) is 4.45. The van der Waals surface area contributed by atoms with Crippen molar-refractivity contribution >= 4 is 0 Å². The highest BCUT2D eigenvalue weighted by atomic mass is 16.5. The van der Waals surface area contributed by atoms with E-state index in [1.807, 2.05) is 13.8 Å². The largest absolute Gasteiger partial charge is 0.364 e. The highest BCUT2D eigenvalue weighted by molar-refractivity contribution is 5.62. The number of hydrogen-bond donors (Lipinski definition) is 0. The first-order valence-electron chi connectivity index (χ1n) is 6.05. The van der Waals surface area contributed by atoms with E-state index in [4.69, 9.17) is 9.05 Å². The molecule has 3 aromatic rings. The van der Waals surface area contributed by atoms with E-state index in [-0.39, 0.29) is 5.56 Å². The average molecular weight is 272 g/mol. The number of nitrogens with zero attached hydrogens (tertiary/aromatic N) is 4. The molecule has 3 aromatic heterocycles. The van der Waals surface area contributed by atoms with E-state index in [1.165, 1.54) is 17.0 Å². The van der Waals surface area contributed by atoms with Crippen molar-refractivity contribution < 1.29 is 9.05 Å². The fourth-order valence-electron chi connectivity index (χ4n) is 2.02. The minimum absolute atomic E-state index is 0.193. The summed E-state index contributed by atoms with van der Waals surface area (Å²) in [7, 11) is 0. The molecule has 20 heavy (non-hydrogen) atoms. The molecule has 3 rings (SSSR count). The van der Waals surface area contributed by atoms with E-state index in [0.717, 1.165) is 16.8 Å². The van der Waals surface area contributed by atoms with Gasteiger partial charge in [0.2, 0.25) is 0 Å². The Morgan fingerprint density at radius 2 is 2.15 bits per heavy atom. The summed E-state index contributed by atoms with van der Waals surface area (Å²) in [6.45, 7) is 3.95. The van der Waals surface area contributed by atoms with Crippen molar-refractivity contribution in [2.45, 2.75) is 20.4 Å². The van der Waals surface area contributed by atoms with E-state index in [1.54, 1.807) is 12.3 Å². The van der Waals surface area contributed by atoms with Crippen molar-refractivity contribution in [2.24, 2.45) is 0 Å². The zero-order valence-corrected chi connectivity index (χ0v) is 11.0. The van der Waals surface area contributed by atoms with Gasteiger partial charge in [-0.2, -0.15) is 5.10 Å². The molecule has 3 heterocycles. The molecule has 0 atom stereocenters. The maximum Gasteiger partial charge on any atom is 0.267 e. The van der Waals surface area contributed by atoms with Crippen LogP contribution in [-0.4, -0.2) is 20.1 Å². The molecule has 102 valence electrons. The maximum atomic E-state index is 11.8. The molecular formula is C13H12N4O3. The maximum absolute atomic E-state index is 11.8. The predicted molar refractivity (Wildman–Crippen MR) is 69.1 cm³/mol. The normalized spacial score (nSPS) is 10.9. The Labute approximate surface area is 113 Å². The Hall–Kier alpha value is -2.70. The van der Waals surface area contributed by atoms with Crippen LogP contribution in [0, 0.1) is 13.8 Å². The lowest BCUT2D eigenvalue weighted by molar-refractivity contribution is 0.393. The Balaban J connectivity index is 2.05. The molecule has 0 fully saturated rings. The van der Waals surface area contributed by atoms with Gasteiger partial charge in [-0.15, -0.1) is 0 Å². The van der Waals surface area contributed by atoms with Crippen molar-refractivity contribution in [1.29, 1.82) is 0 Å². The van der Waals surface area contributed by atoms with Crippen molar-refractivity contribution in [3.8, 4) is 11.3 Å². The lowest BCUT2D eigenvalue weighted by Gasteiger charge is -2.05. The van der Waals surface area contributed by atoms with E-state index >= 15 is 0 Å². The van der Waals surface area contributed by atoms with Gasteiger partial charge in [0, 0.05) is 11.6 Å². The first-order chi connectivity index (χ1) is 9.65. The number of aryl methyl sites for hydroxylation is 2. The molecule has 0 spiro atoms. The topological polar surface area (TPSA) is 87.0 Å². The lowest BCUT2D eigenvalue weighted by Crippen LogP contribution is -2.22. The van der Waals surface area contributed by atoms with Gasteiger partial charge in [0.25, 0.3) is 5.56 Å². The lowest BCUT2D eigenvalue weighted by atomic mass is 10.1. The summed E-state index contributed by atoms with van der Waals surface area (Å²) in [5.41, 5.74) is 2.78. The molecule has 0 bridgehead atoms. The van der Waals surface area contributed by atoms with Crippen LogP contribution in [0.15, 0.2) is 38.4 Å². The number of rotatable bonds is 3. The van der Waals surface area contributed by atoms with E-state index in [2.05, 4.69) is 15.4 Å². The van der Waals surface area contributed by atoms with Gasteiger partial charge in [-0.1, -0.05) is 10.3 Å². The van der Waals surface area contributed by atoms with E-state index in [9.17, 15) is 4.79 Å². The van der Waals surface area contributed by atoms with Crippen LogP contribution in [0.25, 0.3) is 11.3 Å². The van der Waals surface area contributed by atoms with Gasteiger partial charge in [0.05, 0.1) is 29.7 Å². The van der Waals surface area contributed by atoms with Crippen molar-refractivity contribution in [3.05, 3.63) is 52.0 Å². The van der Waals surface area contributed by atoms with E-state index in [0.29, 0.717) is 18.0 Å². The molecule has 0 unspecified atom stereocenters. The monoisotopic (exact) mass is 272 g/mol. The molecule has 0 N–H and O–H groups in total. The molecule has 0 amide bonds. The van der Waals surface area contributed by atoms with Crippen molar-refractivity contribution in [3.63, 3.8) is 0 Å². The molecule has 0 aromatic carbocycles. The fraction of sp³-hybridized carbons (Fsp3) is 0.231. The van der Waals surface area contributed by atoms with Crippen LogP contribution in [0.5, 0.6) is 0 Å². The van der Waals surface area contributed by atoms with Crippen molar-refractivity contribution in [1.82, 2.24) is 20.1 Å². The molecule has 0 saturated carbocycles. The van der Waals surface area contributed by atoms with Gasteiger partial charge in [-0.05, 0) is 19.9 Å². The van der Waals surface area contributed by atoms with Gasteiger partial charge in [-0.3, -0.25) is 4.79 Å². The second-order valence-corrected chi connectivity index (χ2v) is 4.45. The summed E-state index contributed by atoms with van der Waals surface area (Å²) in [6, 6.07) is 3.14. The number of aromatic nitrogens is 4. The summed E-state index contributed by atoms with van der Waals surface area (Å²) in [5, 5.41) is 11.8. The van der Waals surface area contributed by atoms with Crippen LogP contribution in [0.1, 0.15) is 17.0 Å². The van der Waals surface area contributed by atoms with Gasteiger partial charge < -0.3 is 9.05 Å². The quantitative estimate of drug-likeness (QED) is 0.719.